The number of hydrogen-bond donors (Lipinski definition) is 2. The summed E-state index contributed by atoms with van der Waals surface area (Å²) < 4.78 is 7.82. The molecule has 0 aliphatic carbocycles. The number of carbonyl (C=O) groups is 1. The van der Waals surface area contributed by atoms with Crippen LogP contribution in [0.15, 0.2) is 22.9 Å². The fourth-order valence-corrected chi connectivity index (χ4v) is 5.50. The average Bonchev–Trinajstić information content (AvgIpc) is 3.32. The largest absolute Gasteiger partial charge is 0.379 e. The predicted molar refractivity (Wildman–Crippen MR) is 112 cm³/mol. The molecule has 4 rings (SSSR count). The van der Waals surface area contributed by atoms with Crippen molar-refractivity contribution in [1.29, 1.82) is 0 Å². The fraction of sp³-hybridized carbons (Fsp3) is 0.556. The lowest BCUT2D eigenvalue weighted by atomic mass is 9.80. The standard InChI is InChI=1S/C18H24N6O2S2/c1-10(2)24-5-13(20-9-24)15(25)21-14-7-27-16(22-14)18-8-26-11(3)4-12(18)6-28-17(19)23-18/h5,7,9-12H,4,6,8H2,1-3H3,(H2,19,23)(H,21,25). The van der Waals surface area contributed by atoms with Crippen LogP contribution in [0.25, 0.3) is 0 Å². The zero-order chi connectivity index (χ0) is 19.9. The van der Waals surface area contributed by atoms with Crippen LogP contribution in [0.5, 0.6) is 0 Å². The number of thioether (sulfide) groups is 1. The molecule has 150 valence electrons. The van der Waals surface area contributed by atoms with E-state index in [0.717, 1.165) is 17.2 Å². The van der Waals surface area contributed by atoms with Gasteiger partial charge in [-0.15, -0.1) is 11.3 Å². The number of hydrogen-bond acceptors (Lipinski definition) is 8. The third-order valence-corrected chi connectivity index (χ3v) is 7.13. The first-order valence-electron chi connectivity index (χ1n) is 9.28. The van der Waals surface area contributed by atoms with Gasteiger partial charge in [0.15, 0.2) is 5.17 Å². The van der Waals surface area contributed by atoms with Crippen molar-refractivity contribution in [2.75, 3.05) is 17.7 Å². The number of nitrogens with one attached hydrogen (secondary N) is 1. The van der Waals surface area contributed by atoms with E-state index in [2.05, 4.69) is 22.2 Å². The highest BCUT2D eigenvalue weighted by Gasteiger charge is 2.49. The number of aliphatic imine (C=N–C) groups is 1. The number of carbonyl (C=O) groups excluding carboxylic acids is 1. The van der Waals surface area contributed by atoms with E-state index in [-0.39, 0.29) is 18.1 Å². The molecule has 1 amide bonds. The topological polar surface area (TPSA) is 107 Å². The van der Waals surface area contributed by atoms with E-state index in [1.54, 1.807) is 24.3 Å². The zero-order valence-corrected chi connectivity index (χ0v) is 17.7. The molecule has 0 spiro atoms. The van der Waals surface area contributed by atoms with Crippen LogP contribution >= 0.6 is 23.1 Å². The van der Waals surface area contributed by atoms with E-state index in [9.17, 15) is 4.79 Å². The number of rotatable bonds is 4. The molecule has 10 heteroatoms. The highest BCUT2D eigenvalue weighted by atomic mass is 32.2. The second-order valence-corrected chi connectivity index (χ2v) is 9.43. The van der Waals surface area contributed by atoms with Crippen molar-refractivity contribution in [3.8, 4) is 0 Å². The van der Waals surface area contributed by atoms with E-state index in [4.69, 9.17) is 15.5 Å². The van der Waals surface area contributed by atoms with Crippen LogP contribution in [-0.2, 0) is 10.3 Å². The molecule has 2 aliphatic rings. The fourth-order valence-electron chi connectivity index (χ4n) is 3.53. The Hall–Kier alpha value is -1.91. The second kappa shape index (κ2) is 7.49. The maximum atomic E-state index is 12.5. The molecule has 3 unspecified atom stereocenters. The summed E-state index contributed by atoms with van der Waals surface area (Å²) in [5.74, 6) is 1.44. The van der Waals surface area contributed by atoms with Gasteiger partial charge in [-0.2, -0.15) is 0 Å². The van der Waals surface area contributed by atoms with Gasteiger partial charge in [0.25, 0.3) is 5.91 Å². The van der Waals surface area contributed by atoms with Gasteiger partial charge in [-0.3, -0.25) is 4.79 Å². The van der Waals surface area contributed by atoms with Gasteiger partial charge >= 0.3 is 0 Å². The Morgan fingerprint density at radius 1 is 1.50 bits per heavy atom. The Morgan fingerprint density at radius 3 is 3.07 bits per heavy atom. The lowest BCUT2D eigenvalue weighted by Crippen LogP contribution is -2.49. The number of amides is 1. The predicted octanol–water partition coefficient (Wildman–Crippen LogP) is 2.85. The Kier molecular flexibility index (Phi) is 5.19. The summed E-state index contributed by atoms with van der Waals surface area (Å²) in [6.07, 6.45) is 4.51. The maximum Gasteiger partial charge on any atom is 0.277 e. The van der Waals surface area contributed by atoms with Crippen molar-refractivity contribution in [3.05, 3.63) is 28.6 Å². The van der Waals surface area contributed by atoms with Crippen LogP contribution < -0.4 is 11.1 Å². The quantitative estimate of drug-likeness (QED) is 0.787. The molecular weight excluding hydrogens is 396 g/mol. The minimum Gasteiger partial charge on any atom is -0.379 e. The van der Waals surface area contributed by atoms with Gasteiger partial charge in [0.2, 0.25) is 0 Å². The number of amidine groups is 1. The highest BCUT2D eigenvalue weighted by molar-refractivity contribution is 8.13. The molecule has 1 fully saturated rings. The number of fused-ring (bicyclic) bond motifs is 1. The number of anilines is 1. The summed E-state index contributed by atoms with van der Waals surface area (Å²) in [4.78, 5) is 26.1. The summed E-state index contributed by atoms with van der Waals surface area (Å²) in [5.41, 5.74) is 5.85. The van der Waals surface area contributed by atoms with Crippen molar-refractivity contribution in [2.45, 2.75) is 44.9 Å². The van der Waals surface area contributed by atoms with Gasteiger partial charge in [0, 0.05) is 29.3 Å². The monoisotopic (exact) mass is 420 g/mol. The Morgan fingerprint density at radius 2 is 2.32 bits per heavy atom. The lowest BCUT2D eigenvalue weighted by molar-refractivity contribution is -0.0466. The number of nitrogens with two attached hydrogens (primary N) is 1. The number of thiazole rings is 1. The number of nitrogens with zero attached hydrogens (tertiary/aromatic N) is 4. The summed E-state index contributed by atoms with van der Waals surface area (Å²) >= 11 is 3.07. The number of aromatic nitrogens is 3. The van der Waals surface area contributed by atoms with Gasteiger partial charge in [0.1, 0.15) is 22.1 Å². The van der Waals surface area contributed by atoms with E-state index in [0.29, 0.717) is 29.2 Å². The average molecular weight is 421 g/mol. The van der Waals surface area contributed by atoms with Crippen LogP contribution in [-0.4, -0.2) is 44.1 Å². The van der Waals surface area contributed by atoms with Crippen molar-refractivity contribution >= 4 is 40.0 Å². The molecule has 8 nitrogen and oxygen atoms in total. The highest BCUT2D eigenvalue weighted by Crippen LogP contribution is 2.47. The van der Waals surface area contributed by atoms with E-state index in [1.807, 2.05) is 23.8 Å². The van der Waals surface area contributed by atoms with Crippen molar-refractivity contribution in [2.24, 2.45) is 16.6 Å². The summed E-state index contributed by atoms with van der Waals surface area (Å²) in [5, 5.41) is 6.07. The molecule has 2 aliphatic heterocycles. The third-order valence-electron chi connectivity index (χ3n) is 5.17. The van der Waals surface area contributed by atoms with E-state index < -0.39 is 5.54 Å². The van der Waals surface area contributed by atoms with Crippen molar-refractivity contribution in [3.63, 3.8) is 0 Å². The van der Waals surface area contributed by atoms with Gasteiger partial charge in [0.05, 0.1) is 19.0 Å². The molecule has 3 N–H and O–H groups in total. The third kappa shape index (κ3) is 3.56. The van der Waals surface area contributed by atoms with Gasteiger partial charge in [-0.05, 0) is 27.2 Å². The molecule has 4 heterocycles. The molecule has 0 saturated carbocycles. The smallest absolute Gasteiger partial charge is 0.277 e. The minimum absolute atomic E-state index is 0.198. The van der Waals surface area contributed by atoms with Crippen LogP contribution in [0, 0.1) is 5.92 Å². The number of imidazole rings is 1. The van der Waals surface area contributed by atoms with E-state index in [1.165, 1.54) is 11.3 Å². The summed E-state index contributed by atoms with van der Waals surface area (Å²) in [7, 11) is 0. The molecule has 3 atom stereocenters. The number of ether oxygens (including phenoxy) is 1. The first-order valence-corrected chi connectivity index (χ1v) is 11.1. The second-order valence-electron chi connectivity index (χ2n) is 7.53. The van der Waals surface area contributed by atoms with Crippen LogP contribution in [0.3, 0.4) is 0 Å². The molecule has 28 heavy (non-hydrogen) atoms. The van der Waals surface area contributed by atoms with E-state index >= 15 is 0 Å². The normalized spacial score (nSPS) is 27.4. The molecule has 2 aromatic heterocycles. The Balaban J connectivity index is 1.56. The SMILES string of the molecule is CC1CC2CSC(N)=NC2(c2nc(NC(=O)c3cn(C(C)C)cn3)cs2)CO1. The van der Waals surface area contributed by atoms with Gasteiger partial charge in [-0.25, -0.2) is 15.0 Å². The molecule has 2 aromatic rings. The van der Waals surface area contributed by atoms with Crippen molar-refractivity contribution in [1.82, 2.24) is 14.5 Å². The first kappa shape index (κ1) is 19.4. The van der Waals surface area contributed by atoms with Gasteiger partial charge < -0.3 is 20.4 Å². The van der Waals surface area contributed by atoms with Crippen LogP contribution in [0.4, 0.5) is 5.82 Å². The molecular formula is C18H24N6O2S2. The van der Waals surface area contributed by atoms with Crippen molar-refractivity contribution < 1.29 is 9.53 Å². The lowest BCUT2D eigenvalue weighted by Gasteiger charge is -2.44. The first-order chi connectivity index (χ1) is 13.4. The van der Waals surface area contributed by atoms with Gasteiger partial charge in [-0.1, -0.05) is 11.8 Å². The molecule has 0 aromatic carbocycles. The zero-order valence-electron chi connectivity index (χ0n) is 16.1. The Bertz CT molecular complexity index is 908. The molecule has 0 radical (unpaired) electrons. The maximum absolute atomic E-state index is 12.5. The summed E-state index contributed by atoms with van der Waals surface area (Å²) in [6, 6.07) is 0.247. The Labute approximate surface area is 172 Å². The minimum atomic E-state index is -0.561. The van der Waals surface area contributed by atoms with Crippen LogP contribution in [0.2, 0.25) is 0 Å². The molecule has 0 bridgehead atoms. The summed E-state index contributed by atoms with van der Waals surface area (Å²) in [6.45, 7) is 6.61. The van der Waals surface area contributed by atoms with Crippen LogP contribution in [0.1, 0.15) is 48.7 Å². The molecule has 1 saturated heterocycles.